The molecule has 0 aliphatic carbocycles. The van der Waals surface area contributed by atoms with Gasteiger partial charge in [0.05, 0.1) is 11.7 Å². The van der Waals surface area contributed by atoms with Crippen molar-refractivity contribution in [1.82, 2.24) is 15.1 Å². The Labute approximate surface area is 125 Å². The fraction of sp³-hybridized carbons (Fsp3) is 0.824. The molecule has 1 aromatic rings. The normalized spacial score (nSPS) is 12.8. The highest BCUT2D eigenvalue weighted by atomic mass is 15.3. The molecular weight excluding hydrogens is 246 g/mol. The van der Waals surface area contributed by atoms with Gasteiger partial charge in [0.2, 0.25) is 0 Å². The van der Waals surface area contributed by atoms with Crippen molar-refractivity contribution < 1.29 is 0 Å². The lowest BCUT2D eigenvalue weighted by Crippen LogP contribution is -2.22. The second-order valence-corrected chi connectivity index (χ2v) is 5.83. The van der Waals surface area contributed by atoms with Gasteiger partial charge in [-0.2, -0.15) is 5.10 Å². The number of hydrogen-bond acceptors (Lipinski definition) is 2. The zero-order valence-electron chi connectivity index (χ0n) is 13.7. The zero-order chi connectivity index (χ0) is 14.6. The van der Waals surface area contributed by atoms with E-state index in [1.807, 2.05) is 17.9 Å². The summed E-state index contributed by atoms with van der Waals surface area (Å²) in [6, 6.07) is 2.58. The van der Waals surface area contributed by atoms with Gasteiger partial charge in [0, 0.05) is 13.2 Å². The van der Waals surface area contributed by atoms with Gasteiger partial charge in [0.15, 0.2) is 0 Å². The third kappa shape index (κ3) is 7.09. The van der Waals surface area contributed by atoms with E-state index in [2.05, 4.69) is 30.3 Å². The molecular formula is C17H33N3. The van der Waals surface area contributed by atoms with Gasteiger partial charge in [-0.05, 0) is 25.5 Å². The summed E-state index contributed by atoms with van der Waals surface area (Å²) in [6.45, 7) is 5.57. The van der Waals surface area contributed by atoms with Crippen LogP contribution in [0.5, 0.6) is 0 Å². The molecule has 3 nitrogen and oxygen atoms in total. The summed E-state index contributed by atoms with van der Waals surface area (Å²) in [5.74, 6) is 0. The molecule has 1 atom stereocenters. The summed E-state index contributed by atoms with van der Waals surface area (Å²) in [4.78, 5) is 0. The molecule has 1 heterocycles. The third-order valence-corrected chi connectivity index (χ3v) is 3.83. The molecule has 0 spiro atoms. The molecule has 0 fully saturated rings. The molecule has 0 bridgehead atoms. The van der Waals surface area contributed by atoms with Crippen molar-refractivity contribution >= 4 is 0 Å². The van der Waals surface area contributed by atoms with E-state index < -0.39 is 0 Å². The number of hydrogen-bond donors (Lipinski definition) is 1. The summed E-state index contributed by atoms with van der Waals surface area (Å²) in [7, 11) is 1.99. The second-order valence-electron chi connectivity index (χ2n) is 5.83. The van der Waals surface area contributed by atoms with Crippen LogP contribution in [0.15, 0.2) is 12.3 Å². The lowest BCUT2D eigenvalue weighted by molar-refractivity contribution is 0.454. The van der Waals surface area contributed by atoms with Crippen LogP contribution >= 0.6 is 0 Å². The Morgan fingerprint density at radius 1 is 1.05 bits per heavy atom. The van der Waals surface area contributed by atoms with Crippen molar-refractivity contribution in [3.63, 3.8) is 0 Å². The summed E-state index contributed by atoms with van der Waals surface area (Å²) >= 11 is 0. The molecule has 1 rings (SSSR count). The van der Waals surface area contributed by atoms with E-state index in [0.29, 0.717) is 6.04 Å². The average Bonchev–Trinajstić information content (AvgIpc) is 2.87. The Morgan fingerprint density at radius 2 is 1.75 bits per heavy atom. The largest absolute Gasteiger partial charge is 0.309 e. The molecule has 0 aromatic carbocycles. The minimum absolute atomic E-state index is 0.437. The van der Waals surface area contributed by atoms with Gasteiger partial charge in [-0.25, -0.2) is 0 Å². The van der Waals surface area contributed by atoms with E-state index in [4.69, 9.17) is 0 Å². The van der Waals surface area contributed by atoms with Crippen LogP contribution in [-0.2, 0) is 7.05 Å². The quantitative estimate of drug-likeness (QED) is 0.567. The standard InChI is InChI=1S/C17H33N3/c1-4-6-7-8-9-10-11-12-16(18-14-5-2)17-13-15-20(3)19-17/h13,15-16,18H,4-12,14H2,1-3H3. The molecule has 116 valence electrons. The molecule has 0 radical (unpaired) electrons. The van der Waals surface area contributed by atoms with Crippen molar-refractivity contribution in [3.05, 3.63) is 18.0 Å². The van der Waals surface area contributed by atoms with Gasteiger partial charge in [0.25, 0.3) is 0 Å². The summed E-state index contributed by atoms with van der Waals surface area (Å²) in [5.41, 5.74) is 1.20. The number of aromatic nitrogens is 2. The molecule has 0 saturated heterocycles. The first kappa shape index (κ1) is 17.2. The maximum atomic E-state index is 4.56. The van der Waals surface area contributed by atoms with Gasteiger partial charge in [0.1, 0.15) is 0 Å². The van der Waals surface area contributed by atoms with Crippen LogP contribution in [0.3, 0.4) is 0 Å². The predicted molar refractivity (Wildman–Crippen MR) is 86.9 cm³/mol. The SMILES string of the molecule is CCCCCCCCCC(NCCC)c1ccn(C)n1. The summed E-state index contributed by atoms with van der Waals surface area (Å²) in [5, 5.41) is 8.19. The molecule has 3 heteroatoms. The highest BCUT2D eigenvalue weighted by Crippen LogP contribution is 2.19. The molecule has 1 aromatic heterocycles. The number of aryl methyl sites for hydroxylation is 1. The number of unbranched alkanes of at least 4 members (excludes halogenated alkanes) is 6. The highest BCUT2D eigenvalue weighted by molar-refractivity contribution is 5.05. The first-order valence-corrected chi connectivity index (χ1v) is 8.50. The Kier molecular flexibility index (Phi) is 9.38. The van der Waals surface area contributed by atoms with Gasteiger partial charge in [-0.15, -0.1) is 0 Å². The van der Waals surface area contributed by atoms with E-state index >= 15 is 0 Å². The Bertz CT molecular complexity index is 333. The van der Waals surface area contributed by atoms with Crippen LogP contribution in [0.25, 0.3) is 0 Å². The number of rotatable bonds is 12. The van der Waals surface area contributed by atoms with Crippen molar-refractivity contribution in [1.29, 1.82) is 0 Å². The van der Waals surface area contributed by atoms with Crippen LogP contribution in [0.2, 0.25) is 0 Å². The van der Waals surface area contributed by atoms with Gasteiger partial charge >= 0.3 is 0 Å². The van der Waals surface area contributed by atoms with Crippen molar-refractivity contribution in [2.45, 2.75) is 77.7 Å². The van der Waals surface area contributed by atoms with Gasteiger partial charge < -0.3 is 5.32 Å². The van der Waals surface area contributed by atoms with E-state index in [1.165, 1.54) is 63.5 Å². The minimum atomic E-state index is 0.437. The smallest absolute Gasteiger partial charge is 0.0793 e. The minimum Gasteiger partial charge on any atom is -0.309 e. The van der Waals surface area contributed by atoms with Crippen molar-refractivity contribution in [2.24, 2.45) is 7.05 Å². The topological polar surface area (TPSA) is 29.9 Å². The number of nitrogens with one attached hydrogen (secondary N) is 1. The Morgan fingerprint density at radius 3 is 2.35 bits per heavy atom. The predicted octanol–water partition coefficient (Wildman–Crippen LogP) is 4.60. The Hall–Kier alpha value is -0.830. The summed E-state index contributed by atoms with van der Waals surface area (Å²) < 4.78 is 1.90. The molecule has 0 aliphatic heterocycles. The number of nitrogens with zero attached hydrogens (tertiary/aromatic N) is 2. The van der Waals surface area contributed by atoms with Crippen LogP contribution in [-0.4, -0.2) is 16.3 Å². The monoisotopic (exact) mass is 279 g/mol. The molecule has 1 unspecified atom stereocenters. The first-order valence-electron chi connectivity index (χ1n) is 8.50. The summed E-state index contributed by atoms with van der Waals surface area (Å²) in [6.07, 6.45) is 14.1. The van der Waals surface area contributed by atoms with Crippen molar-refractivity contribution in [2.75, 3.05) is 6.54 Å². The molecule has 0 saturated carbocycles. The van der Waals surface area contributed by atoms with Crippen molar-refractivity contribution in [3.8, 4) is 0 Å². The van der Waals surface area contributed by atoms with Crippen LogP contribution < -0.4 is 5.32 Å². The fourth-order valence-corrected chi connectivity index (χ4v) is 2.60. The van der Waals surface area contributed by atoms with Crippen LogP contribution in [0, 0.1) is 0 Å². The van der Waals surface area contributed by atoms with E-state index in [0.717, 1.165) is 6.54 Å². The fourth-order valence-electron chi connectivity index (χ4n) is 2.60. The van der Waals surface area contributed by atoms with E-state index in [9.17, 15) is 0 Å². The maximum Gasteiger partial charge on any atom is 0.0793 e. The zero-order valence-corrected chi connectivity index (χ0v) is 13.7. The lowest BCUT2D eigenvalue weighted by Gasteiger charge is -2.16. The molecule has 20 heavy (non-hydrogen) atoms. The molecule has 0 aliphatic rings. The maximum absolute atomic E-state index is 4.56. The van der Waals surface area contributed by atoms with E-state index in [1.54, 1.807) is 0 Å². The lowest BCUT2D eigenvalue weighted by atomic mass is 10.0. The third-order valence-electron chi connectivity index (χ3n) is 3.83. The highest BCUT2D eigenvalue weighted by Gasteiger charge is 2.12. The van der Waals surface area contributed by atoms with Crippen LogP contribution in [0.4, 0.5) is 0 Å². The van der Waals surface area contributed by atoms with Crippen LogP contribution in [0.1, 0.15) is 83.4 Å². The van der Waals surface area contributed by atoms with E-state index in [-0.39, 0.29) is 0 Å². The second kappa shape index (κ2) is 10.9. The first-order chi connectivity index (χ1) is 9.77. The van der Waals surface area contributed by atoms with Gasteiger partial charge in [-0.1, -0.05) is 58.8 Å². The Balaban J connectivity index is 2.23. The van der Waals surface area contributed by atoms with Gasteiger partial charge in [-0.3, -0.25) is 4.68 Å². The molecule has 0 amide bonds. The molecule has 1 N–H and O–H groups in total. The average molecular weight is 279 g/mol.